The molecule has 1 aliphatic rings. The highest BCUT2D eigenvalue weighted by Crippen LogP contribution is 2.22. The molecule has 6 nitrogen and oxygen atoms in total. The quantitative estimate of drug-likeness (QED) is 0.868. The van der Waals surface area contributed by atoms with Crippen LogP contribution in [0.15, 0.2) is 36.4 Å². The fourth-order valence-electron chi connectivity index (χ4n) is 2.47. The van der Waals surface area contributed by atoms with Gasteiger partial charge in [-0.3, -0.25) is 14.7 Å². The molecule has 7 heteroatoms. The summed E-state index contributed by atoms with van der Waals surface area (Å²) in [6.07, 6.45) is 0. The maximum absolute atomic E-state index is 12.6. The first kappa shape index (κ1) is 15.6. The van der Waals surface area contributed by atoms with Crippen LogP contribution in [0.5, 0.6) is 0 Å². The van der Waals surface area contributed by atoms with E-state index in [1.165, 1.54) is 18.9 Å². The third kappa shape index (κ3) is 3.39. The zero-order valence-electron chi connectivity index (χ0n) is 12.7. The van der Waals surface area contributed by atoms with Crippen LogP contribution in [0, 0.1) is 0 Å². The molecule has 0 radical (unpaired) electrons. The molecular weight excluding hydrogens is 314 g/mol. The van der Waals surface area contributed by atoms with Gasteiger partial charge in [0.05, 0.1) is 12.8 Å². The van der Waals surface area contributed by atoms with E-state index < -0.39 is 0 Å². The number of aromatic amines is 1. The van der Waals surface area contributed by atoms with Crippen molar-refractivity contribution in [1.82, 2.24) is 15.1 Å². The van der Waals surface area contributed by atoms with Gasteiger partial charge < -0.3 is 9.64 Å². The molecule has 3 rings (SSSR count). The molecule has 2 heterocycles. The van der Waals surface area contributed by atoms with Crippen LogP contribution in [-0.2, 0) is 9.53 Å². The van der Waals surface area contributed by atoms with Crippen molar-refractivity contribution in [2.45, 2.75) is 5.25 Å². The van der Waals surface area contributed by atoms with Gasteiger partial charge in [0, 0.05) is 24.4 Å². The molecule has 0 unspecified atom stereocenters. The van der Waals surface area contributed by atoms with E-state index in [9.17, 15) is 9.59 Å². The van der Waals surface area contributed by atoms with E-state index in [2.05, 4.69) is 10.2 Å². The number of methoxy groups -OCH3 is 1. The van der Waals surface area contributed by atoms with Crippen molar-refractivity contribution in [3.63, 3.8) is 0 Å². The standard InChI is InChI=1S/C16H17N3O3S/c1-22-16(21)14-10-19(7-8-23-14)15(20)13-9-12(17-18-13)11-5-3-2-4-6-11/h2-6,9,14H,7-8,10H2,1H3,(H,17,18)/t14-/m0/s1. The highest BCUT2D eigenvalue weighted by atomic mass is 32.2. The number of hydrogen-bond donors (Lipinski definition) is 1. The lowest BCUT2D eigenvalue weighted by Gasteiger charge is -2.30. The van der Waals surface area contributed by atoms with Crippen LogP contribution >= 0.6 is 11.8 Å². The zero-order chi connectivity index (χ0) is 16.2. The van der Waals surface area contributed by atoms with Crippen molar-refractivity contribution in [2.75, 3.05) is 26.0 Å². The number of carbonyl (C=O) groups is 2. The molecule has 0 spiro atoms. The summed E-state index contributed by atoms with van der Waals surface area (Å²) in [5.74, 6) is 0.279. The molecule has 1 N–H and O–H groups in total. The number of nitrogens with one attached hydrogen (secondary N) is 1. The van der Waals surface area contributed by atoms with E-state index in [1.54, 1.807) is 11.0 Å². The highest BCUT2D eigenvalue weighted by molar-refractivity contribution is 8.00. The average Bonchev–Trinajstić information content (AvgIpc) is 3.11. The van der Waals surface area contributed by atoms with Crippen LogP contribution in [0.1, 0.15) is 10.5 Å². The number of hydrogen-bond acceptors (Lipinski definition) is 5. The number of rotatable bonds is 3. The molecule has 1 aromatic carbocycles. The molecule has 1 fully saturated rings. The summed E-state index contributed by atoms with van der Waals surface area (Å²) >= 11 is 1.52. The number of thioether (sulfide) groups is 1. The third-order valence-electron chi connectivity index (χ3n) is 3.70. The lowest BCUT2D eigenvalue weighted by atomic mass is 10.1. The Morgan fingerprint density at radius 1 is 1.35 bits per heavy atom. The minimum Gasteiger partial charge on any atom is -0.468 e. The van der Waals surface area contributed by atoms with Gasteiger partial charge in [-0.2, -0.15) is 5.10 Å². The average molecular weight is 331 g/mol. The molecule has 120 valence electrons. The van der Waals surface area contributed by atoms with Crippen molar-refractivity contribution >= 4 is 23.6 Å². The van der Waals surface area contributed by atoms with E-state index >= 15 is 0 Å². The molecule has 0 aliphatic carbocycles. The summed E-state index contributed by atoms with van der Waals surface area (Å²) in [6.45, 7) is 0.965. The molecule has 0 saturated carbocycles. The first-order valence-electron chi connectivity index (χ1n) is 7.28. The van der Waals surface area contributed by atoms with Crippen LogP contribution in [0.3, 0.4) is 0 Å². The van der Waals surface area contributed by atoms with Crippen LogP contribution in [0.2, 0.25) is 0 Å². The molecule has 1 aromatic heterocycles. The van der Waals surface area contributed by atoms with E-state index in [1.807, 2.05) is 30.3 Å². The van der Waals surface area contributed by atoms with Crippen LogP contribution in [-0.4, -0.2) is 58.2 Å². The number of carbonyl (C=O) groups excluding carboxylic acids is 2. The second-order valence-electron chi connectivity index (χ2n) is 5.17. The SMILES string of the molecule is COC(=O)[C@@H]1CN(C(=O)c2cc(-c3ccccc3)n[nH]2)CCS1. The zero-order valence-corrected chi connectivity index (χ0v) is 13.5. The minimum absolute atomic E-state index is 0.145. The maximum atomic E-state index is 12.6. The molecule has 0 bridgehead atoms. The highest BCUT2D eigenvalue weighted by Gasteiger charge is 2.30. The van der Waals surface area contributed by atoms with Gasteiger partial charge in [-0.1, -0.05) is 30.3 Å². The summed E-state index contributed by atoms with van der Waals surface area (Å²) in [4.78, 5) is 25.9. The Balaban J connectivity index is 1.73. The van der Waals surface area contributed by atoms with E-state index in [-0.39, 0.29) is 17.1 Å². The van der Waals surface area contributed by atoms with Gasteiger partial charge in [-0.05, 0) is 6.07 Å². The van der Waals surface area contributed by atoms with Gasteiger partial charge in [-0.25, -0.2) is 0 Å². The van der Waals surface area contributed by atoms with Crippen LogP contribution < -0.4 is 0 Å². The van der Waals surface area contributed by atoms with Gasteiger partial charge >= 0.3 is 5.97 Å². The summed E-state index contributed by atoms with van der Waals surface area (Å²) < 4.78 is 4.77. The number of aromatic nitrogens is 2. The lowest BCUT2D eigenvalue weighted by Crippen LogP contribution is -2.45. The minimum atomic E-state index is -0.325. The number of amides is 1. The Morgan fingerprint density at radius 3 is 2.87 bits per heavy atom. The fraction of sp³-hybridized carbons (Fsp3) is 0.312. The van der Waals surface area contributed by atoms with Crippen molar-refractivity contribution < 1.29 is 14.3 Å². The van der Waals surface area contributed by atoms with Gasteiger partial charge in [0.25, 0.3) is 5.91 Å². The van der Waals surface area contributed by atoms with Crippen LogP contribution in [0.4, 0.5) is 0 Å². The number of nitrogens with zero attached hydrogens (tertiary/aromatic N) is 2. The Kier molecular flexibility index (Phi) is 4.66. The molecule has 1 amide bonds. The van der Waals surface area contributed by atoms with Gasteiger partial charge in [0.15, 0.2) is 0 Å². The molecule has 2 aromatic rings. The Labute approximate surface area is 138 Å². The van der Waals surface area contributed by atoms with Crippen molar-refractivity contribution in [3.8, 4) is 11.3 Å². The number of ether oxygens (including phenoxy) is 1. The monoisotopic (exact) mass is 331 g/mol. The summed E-state index contributed by atoms with van der Waals surface area (Å²) in [7, 11) is 1.37. The normalized spacial score (nSPS) is 17.8. The molecule has 1 aliphatic heterocycles. The fourth-order valence-corrected chi connectivity index (χ4v) is 3.59. The third-order valence-corrected chi connectivity index (χ3v) is 4.86. The number of H-pyrrole nitrogens is 1. The van der Waals surface area contributed by atoms with Crippen LogP contribution in [0.25, 0.3) is 11.3 Å². The van der Waals surface area contributed by atoms with Crippen molar-refractivity contribution in [3.05, 3.63) is 42.1 Å². The van der Waals surface area contributed by atoms with Gasteiger partial charge in [0.2, 0.25) is 0 Å². The second-order valence-corrected chi connectivity index (χ2v) is 6.48. The first-order chi connectivity index (χ1) is 11.2. The lowest BCUT2D eigenvalue weighted by molar-refractivity contribution is -0.140. The van der Waals surface area contributed by atoms with E-state index in [0.29, 0.717) is 24.5 Å². The van der Waals surface area contributed by atoms with E-state index in [4.69, 9.17) is 4.74 Å². The topological polar surface area (TPSA) is 75.3 Å². The second kappa shape index (κ2) is 6.87. The largest absolute Gasteiger partial charge is 0.468 e. The first-order valence-corrected chi connectivity index (χ1v) is 8.33. The summed E-state index contributed by atoms with van der Waals surface area (Å²) in [5, 5.41) is 6.67. The number of esters is 1. The van der Waals surface area contributed by atoms with E-state index in [0.717, 1.165) is 11.3 Å². The summed E-state index contributed by atoms with van der Waals surface area (Å²) in [5.41, 5.74) is 2.11. The van der Waals surface area contributed by atoms with Crippen molar-refractivity contribution in [1.29, 1.82) is 0 Å². The molecule has 1 saturated heterocycles. The van der Waals surface area contributed by atoms with Gasteiger partial charge in [-0.15, -0.1) is 11.8 Å². The van der Waals surface area contributed by atoms with Gasteiger partial charge in [0.1, 0.15) is 10.9 Å². The predicted molar refractivity (Wildman–Crippen MR) is 88.2 cm³/mol. The Hall–Kier alpha value is -2.28. The molecule has 1 atom stereocenters. The Morgan fingerprint density at radius 2 is 2.13 bits per heavy atom. The smallest absolute Gasteiger partial charge is 0.320 e. The summed E-state index contributed by atoms with van der Waals surface area (Å²) in [6, 6.07) is 11.4. The predicted octanol–water partition coefficient (Wildman–Crippen LogP) is 1.81. The molecular formula is C16H17N3O3S. The number of benzene rings is 1. The molecule has 23 heavy (non-hydrogen) atoms. The maximum Gasteiger partial charge on any atom is 0.320 e. The Bertz CT molecular complexity index is 702. The van der Waals surface area contributed by atoms with Crippen molar-refractivity contribution in [2.24, 2.45) is 0 Å².